The number of ether oxygens (including phenoxy) is 2. The summed E-state index contributed by atoms with van der Waals surface area (Å²) in [5.74, 6) is 0. The van der Waals surface area contributed by atoms with E-state index in [-0.39, 0.29) is 13.2 Å². The van der Waals surface area contributed by atoms with Crippen LogP contribution >= 0.6 is 7.60 Å². The lowest BCUT2D eigenvalue weighted by atomic mass is 10.9. The third-order valence-electron chi connectivity index (χ3n) is 1.16. The van der Waals surface area contributed by atoms with E-state index in [0.29, 0.717) is 0 Å². The third kappa shape index (κ3) is 5.21. The fourth-order valence-electron chi connectivity index (χ4n) is 0.696. The molecule has 0 aliphatic heterocycles. The number of hydrogen-bond acceptors (Lipinski definition) is 6. The number of methoxy groups -OCH3 is 1. The van der Waals surface area contributed by atoms with Crippen LogP contribution in [0.3, 0.4) is 0 Å². The largest absolute Gasteiger partial charge is 0.508 e. The molecule has 14 heavy (non-hydrogen) atoms. The van der Waals surface area contributed by atoms with Gasteiger partial charge in [-0.3, -0.25) is 4.57 Å². The summed E-state index contributed by atoms with van der Waals surface area (Å²) in [4.78, 5) is 10.6. The molecule has 7 heteroatoms. The Bertz CT molecular complexity index is 206. The maximum Gasteiger partial charge on any atom is 0.508 e. The van der Waals surface area contributed by atoms with E-state index >= 15 is 0 Å². The summed E-state index contributed by atoms with van der Waals surface area (Å²) in [6, 6.07) is 0. The molecular weight excluding hydrogens is 211 g/mol. The molecule has 84 valence electrons. The van der Waals surface area contributed by atoms with Crippen LogP contribution in [0.25, 0.3) is 0 Å². The van der Waals surface area contributed by atoms with E-state index in [9.17, 15) is 9.36 Å². The second-order valence-corrected chi connectivity index (χ2v) is 4.17. The molecule has 0 aromatic rings. The molecule has 0 heterocycles. The molecule has 0 aromatic heterocycles. The molecule has 0 unspecified atom stereocenters. The fraction of sp³-hybridized carbons (Fsp3) is 0.857. The van der Waals surface area contributed by atoms with Crippen molar-refractivity contribution >= 4 is 13.8 Å². The average Bonchev–Trinajstić information content (AvgIpc) is 2.15. The fourth-order valence-corrected chi connectivity index (χ4v) is 1.97. The Morgan fingerprint density at radius 1 is 1.21 bits per heavy atom. The van der Waals surface area contributed by atoms with E-state index in [2.05, 4.69) is 9.47 Å². The van der Waals surface area contributed by atoms with Gasteiger partial charge in [0.25, 0.3) is 0 Å². The van der Waals surface area contributed by atoms with Crippen molar-refractivity contribution in [2.24, 2.45) is 0 Å². The highest BCUT2D eigenvalue weighted by Crippen LogP contribution is 2.47. The van der Waals surface area contributed by atoms with Gasteiger partial charge in [-0.15, -0.1) is 0 Å². The first-order chi connectivity index (χ1) is 6.58. The van der Waals surface area contributed by atoms with Crippen molar-refractivity contribution in [3.63, 3.8) is 0 Å². The molecule has 0 rings (SSSR count). The van der Waals surface area contributed by atoms with Crippen LogP contribution in [-0.2, 0) is 23.1 Å². The quantitative estimate of drug-likeness (QED) is 0.509. The number of rotatable bonds is 6. The zero-order valence-electron chi connectivity index (χ0n) is 8.52. The molecule has 0 aliphatic rings. The molecule has 6 nitrogen and oxygen atoms in total. The zero-order valence-corrected chi connectivity index (χ0v) is 9.41. The van der Waals surface area contributed by atoms with Crippen molar-refractivity contribution in [3.8, 4) is 0 Å². The van der Waals surface area contributed by atoms with Crippen molar-refractivity contribution in [1.29, 1.82) is 0 Å². The molecular formula is C7H15O6P. The minimum atomic E-state index is -3.31. The van der Waals surface area contributed by atoms with Crippen LogP contribution in [0.15, 0.2) is 0 Å². The summed E-state index contributed by atoms with van der Waals surface area (Å²) < 4.78 is 30.1. The van der Waals surface area contributed by atoms with Gasteiger partial charge < -0.3 is 18.5 Å². The number of carbonyl (C=O) groups is 1. The molecule has 0 saturated carbocycles. The van der Waals surface area contributed by atoms with Crippen molar-refractivity contribution < 1.29 is 27.9 Å². The van der Waals surface area contributed by atoms with Gasteiger partial charge in [0.2, 0.25) is 0 Å². The topological polar surface area (TPSA) is 71.1 Å². The van der Waals surface area contributed by atoms with E-state index in [1.165, 1.54) is 0 Å². The van der Waals surface area contributed by atoms with E-state index in [1.807, 2.05) is 0 Å². The van der Waals surface area contributed by atoms with Gasteiger partial charge in [0.05, 0.1) is 20.3 Å². The number of hydrogen-bond donors (Lipinski definition) is 0. The predicted molar refractivity (Wildman–Crippen MR) is 49.2 cm³/mol. The first-order valence-corrected chi connectivity index (χ1v) is 5.89. The summed E-state index contributed by atoms with van der Waals surface area (Å²) >= 11 is 0. The number of carbonyl (C=O) groups excluding carboxylic acids is 1. The van der Waals surface area contributed by atoms with E-state index in [1.54, 1.807) is 13.8 Å². The second kappa shape index (κ2) is 6.81. The molecule has 0 aliphatic carbocycles. The summed E-state index contributed by atoms with van der Waals surface area (Å²) in [6.45, 7) is 3.79. The molecule has 0 fully saturated rings. The van der Waals surface area contributed by atoms with Crippen LogP contribution in [0.1, 0.15) is 13.8 Å². The van der Waals surface area contributed by atoms with Crippen LogP contribution in [0.2, 0.25) is 0 Å². The van der Waals surface area contributed by atoms with Gasteiger partial charge in [-0.2, -0.15) is 0 Å². The molecule has 0 N–H and O–H groups in total. The van der Waals surface area contributed by atoms with Gasteiger partial charge in [-0.25, -0.2) is 4.79 Å². The summed E-state index contributed by atoms with van der Waals surface area (Å²) in [5, 5.41) is 0. The molecule has 0 atom stereocenters. The third-order valence-corrected chi connectivity index (χ3v) is 2.91. The second-order valence-electron chi connectivity index (χ2n) is 2.17. The Morgan fingerprint density at radius 3 is 2.07 bits per heavy atom. The molecule has 0 spiro atoms. The first-order valence-electron chi connectivity index (χ1n) is 4.16. The van der Waals surface area contributed by atoms with E-state index in [0.717, 1.165) is 7.11 Å². The van der Waals surface area contributed by atoms with Crippen LogP contribution < -0.4 is 0 Å². The van der Waals surface area contributed by atoms with Gasteiger partial charge in [0, 0.05) is 0 Å². The Morgan fingerprint density at radius 2 is 1.71 bits per heavy atom. The van der Waals surface area contributed by atoms with Gasteiger partial charge in [-0.1, -0.05) is 0 Å². The van der Waals surface area contributed by atoms with Crippen molar-refractivity contribution in [2.75, 3.05) is 26.7 Å². The van der Waals surface area contributed by atoms with Crippen molar-refractivity contribution in [3.05, 3.63) is 0 Å². The van der Waals surface area contributed by atoms with Gasteiger partial charge in [-0.05, 0) is 13.8 Å². The minimum absolute atomic E-state index is 0.224. The minimum Gasteiger partial charge on any atom is -0.438 e. The Kier molecular flexibility index (Phi) is 6.53. The monoisotopic (exact) mass is 226 g/mol. The molecule has 0 aromatic carbocycles. The van der Waals surface area contributed by atoms with Gasteiger partial charge in [0.1, 0.15) is 0 Å². The SMILES string of the molecule is CCOP(=O)(COC(=O)OC)OCC. The van der Waals surface area contributed by atoms with Crippen LogP contribution in [-0.4, -0.2) is 32.8 Å². The van der Waals surface area contributed by atoms with Crippen LogP contribution in [0.4, 0.5) is 4.79 Å². The standard InChI is InChI=1S/C7H15O6P/c1-4-12-14(9,13-5-2)6-11-7(8)10-3/h4-6H2,1-3H3. The summed E-state index contributed by atoms with van der Waals surface area (Å²) in [5.41, 5.74) is 0. The van der Waals surface area contributed by atoms with Crippen LogP contribution in [0, 0.1) is 0 Å². The van der Waals surface area contributed by atoms with Crippen molar-refractivity contribution in [2.45, 2.75) is 13.8 Å². The van der Waals surface area contributed by atoms with Crippen LogP contribution in [0.5, 0.6) is 0 Å². The van der Waals surface area contributed by atoms with Gasteiger partial charge >= 0.3 is 13.8 Å². The smallest absolute Gasteiger partial charge is 0.438 e. The highest BCUT2D eigenvalue weighted by molar-refractivity contribution is 7.53. The maximum atomic E-state index is 11.7. The lowest BCUT2D eigenvalue weighted by molar-refractivity contribution is 0.0771. The van der Waals surface area contributed by atoms with E-state index < -0.39 is 20.1 Å². The summed E-state index contributed by atoms with van der Waals surface area (Å²) in [7, 11) is -2.15. The Balaban J connectivity index is 4.08. The molecule has 0 amide bonds. The van der Waals surface area contributed by atoms with Gasteiger partial charge in [0.15, 0.2) is 6.35 Å². The molecule has 0 radical (unpaired) electrons. The Hall–Kier alpha value is -0.580. The summed E-state index contributed by atoms with van der Waals surface area (Å²) in [6.07, 6.45) is -1.34. The predicted octanol–water partition coefficient (Wildman–Crippen LogP) is 1.99. The Labute approximate surface area is 83.0 Å². The lowest BCUT2D eigenvalue weighted by Gasteiger charge is -2.15. The normalized spacial score (nSPS) is 11.1. The molecule has 0 saturated heterocycles. The lowest BCUT2D eigenvalue weighted by Crippen LogP contribution is -2.09. The average molecular weight is 226 g/mol. The van der Waals surface area contributed by atoms with Crippen molar-refractivity contribution in [1.82, 2.24) is 0 Å². The first kappa shape index (κ1) is 13.4. The van der Waals surface area contributed by atoms with E-state index in [4.69, 9.17) is 9.05 Å². The highest BCUT2D eigenvalue weighted by atomic mass is 31.2. The maximum absolute atomic E-state index is 11.7. The molecule has 0 bridgehead atoms. The zero-order chi connectivity index (χ0) is 11.0. The highest BCUT2D eigenvalue weighted by Gasteiger charge is 2.25.